The van der Waals surface area contributed by atoms with E-state index in [9.17, 15) is 0 Å². The van der Waals surface area contributed by atoms with Crippen molar-refractivity contribution in [3.63, 3.8) is 0 Å². The topological polar surface area (TPSA) is 37.8 Å². The SMILES string of the molecule is CNc1nc(-c2ccccn2)c(Cl)cc1Cl. The van der Waals surface area contributed by atoms with Crippen LogP contribution in [0.15, 0.2) is 30.5 Å². The molecule has 5 heteroatoms. The maximum Gasteiger partial charge on any atom is 0.145 e. The molecule has 0 radical (unpaired) electrons. The van der Waals surface area contributed by atoms with Gasteiger partial charge in [0.25, 0.3) is 0 Å². The zero-order valence-electron chi connectivity index (χ0n) is 8.54. The maximum absolute atomic E-state index is 6.08. The Kier molecular flexibility index (Phi) is 3.27. The summed E-state index contributed by atoms with van der Waals surface area (Å²) in [6, 6.07) is 7.23. The highest BCUT2D eigenvalue weighted by molar-refractivity contribution is 6.37. The number of nitrogens with one attached hydrogen (secondary N) is 1. The van der Waals surface area contributed by atoms with Crippen LogP contribution in [0.2, 0.25) is 10.0 Å². The molecule has 2 rings (SSSR count). The molecule has 0 aliphatic rings. The molecule has 0 spiro atoms. The number of rotatable bonds is 2. The van der Waals surface area contributed by atoms with Gasteiger partial charge in [0.15, 0.2) is 0 Å². The van der Waals surface area contributed by atoms with Crippen LogP contribution < -0.4 is 5.32 Å². The van der Waals surface area contributed by atoms with Crippen LogP contribution in [0.4, 0.5) is 5.82 Å². The summed E-state index contributed by atoms with van der Waals surface area (Å²) in [6.45, 7) is 0. The molecule has 0 unspecified atom stereocenters. The van der Waals surface area contributed by atoms with Crippen molar-refractivity contribution in [3.05, 3.63) is 40.5 Å². The lowest BCUT2D eigenvalue weighted by molar-refractivity contribution is 1.23. The van der Waals surface area contributed by atoms with Crippen molar-refractivity contribution in [2.45, 2.75) is 0 Å². The van der Waals surface area contributed by atoms with Gasteiger partial charge in [-0.15, -0.1) is 0 Å². The maximum atomic E-state index is 6.08. The third-order valence-electron chi connectivity index (χ3n) is 2.07. The van der Waals surface area contributed by atoms with E-state index in [4.69, 9.17) is 23.2 Å². The summed E-state index contributed by atoms with van der Waals surface area (Å²) in [5, 5.41) is 3.88. The molecule has 2 aromatic heterocycles. The molecular weight excluding hydrogens is 245 g/mol. The summed E-state index contributed by atoms with van der Waals surface area (Å²) >= 11 is 12.0. The van der Waals surface area contributed by atoms with E-state index in [0.717, 1.165) is 5.69 Å². The largest absolute Gasteiger partial charge is 0.372 e. The molecule has 0 saturated heterocycles. The lowest BCUT2D eigenvalue weighted by Crippen LogP contribution is -1.96. The Morgan fingerprint density at radius 2 is 2.00 bits per heavy atom. The number of pyridine rings is 2. The number of aromatic nitrogens is 2. The number of hydrogen-bond acceptors (Lipinski definition) is 3. The Hall–Kier alpha value is -1.32. The Morgan fingerprint density at radius 1 is 1.19 bits per heavy atom. The van der Waals surface area contributed by atoms with Gasteiger partial charge in [-0.2, -0.15) is 0 Å². The summed E-state index contributed by atoms with van der Waals surface area (Å²) in [5.41, 5.74) is 1.34. The first-order chi connectivity index (χ1) is 7.72. The van der Waals surface area contributed by atoms with E-state index in [1.54, 1.807) is 19.3 Å². The second-order valence-electron chi connectivity index (χ2n) is 3.11. The van der Waals surface area contributed by atoms with E-state index in [2.05, 4.69) is 15.3 Å². The highest BCUT2D eigenvalue weighted by Gasteiger charge is 2.10. The van der Waals surface area contributed by atoms with Gasteiger partial charge in [-0.3, -0.25) is 4.98 Å². The smallest absolute Gasteiger partial charge is 0.145 e. The molecule has 0 atom stereocenters. The minimum Gasteiger partial charge on any atom is -0.372 e. The monoisotopic (exact) mass is 253 g/mol. The minimum atomic E-state index is 0.489. The first kappa shape index (κ1) is 11.2. The van der Waals surface area contributed by atoms with Crippen LogP contribution in [0.25, 0.3) is 11.4 Å². The van der Waals surface area contributed by atoms with E-state index in [1.165, 1.54) is 0 Å². The molecule has 82 valence electrons. The molecule has 0 aliphatic heterocycles. The van der Waals surface area contributed by atoms with Crippen molar-refractivity contribution in [1.29, 1.82) is 0 Å². The molecule has 16 heavy (non-hydrogen) atoms. The molecule has 2 heterocycles. The van der Waals surface area contributed by atoms with Crippen LogP contribution in [0.3, 0.4) is 0 Å². The molecule has 0 fully saturated rings. The number of nitrogens with zero attached hydrogens (tertiary/aromatic N) is 2. The van der Waals surface area contributed by atoms with Gasteiger partial charge in [-0.1, -0.05) is 29.3 Å². The summed E-state index contributed by atoms with van der Waals surface area (Å²) in [4.78, 5) is 8.52. The molecule has 0 amide bonds. The Morgan fingerprint density at radius 3 is 2.62 bits per heavy atom. The predicted molar refractivity (Wildman–Crippen MR) is 67.0 cm³/mol. The molecule has 2 aromatic rings. The lowest BCUT2D eigenvalue weighted by Gasteiger charge is -2.07. The van der Waals surface area contributed by atoms with Gasteiger partial charge in [0.05, 0.1) is 15.7 Å². The van der Waals surface area contributed by atoms with Gasteiger partial charge >= 0.3 is 0 Å². The average molecular weight is 254 g/mol. The van der Waals surface area contributed by atoms with Crippen LogP contribution in [0.5, 0.6) is 0 Å². The molecule has 0 saturated carbocycles. The van der Waals surface area contributed by atoms with Crippen LogP contribution >= 0.6 is 23.2 Å². The average Bonchev–Trinajstić information content (AvgIpc) is 2.30. The normalized spacial score (nSPS) is 10.2. The van der Waals surface area contributed by atoms with Gasteiger partial charge in [-0.05, 0) is 18.2 Å². The fourth-order valence-corrected chi connectivity index (χ4v) is 1.87. The van der Waals surface area contributed by atoms with Gasteiger partial charge < -0.3 is 5.32 Å². The van der Waals surface area contributed by atoms with Crippen molar-refractivity contribution in [2.75, 3.05) is 12.4 Å². The Bertz CT molecular complexity index is 500. The summed E-state index contributed by atoms with van der Waals surface area (Å²) < 4.78 is 0. The van der Waals surface area contributed by atoms with E-state index in [0.29, 0.717) is 21.6 Å². The van der Waals surface area contributed by atoms with Crippen LogP contribution in [0, 0.1) is 0 Å². The zero-order chi connectivity index (χ0) is 11.5. The van der Waals surface area contributed by atoms with E-state index >= 15 is 0 Å². The third kappa shape index (κ3) is 2.10. The highest BCUT2D eigenvalue weighted by atomic mass is 35.5. The predicted octanol–water partition coefficient (Wildman–Crippen LogP) is 3.49. The van der Waals surface area contributed by atoms with Gasteiger partial charge in [-0.25, -0.2) is 4.98 Å². The first-order valence-electron chi connectivity index (χ1n) is 4.67. The molecule has 0 aliphatic carbocycles. The molecule has 0 aromatic carbocycles. The van der Waals surface area contributed by atoms with Crippen molar-refractivity contribution in [3.8, 4) is 11.4 Å². The van der Waals surface area contributed by atoms with Crippen LogP contribution in [0.1, 0.15) is 0 Å². The van der Waals surface area contributed by atoms with Crippen molar-refractivity contribution in [1.82, 2.24) is 9.97 Å². The van der Waals surface area contributed by atoms with E-state index < -0.39 is 0 Å². The van der Waals surface area contributed by atoms with Crippen molar-refractivity contribution >= 4 is 29.0 Å². The lowest BCUT2D eigenvalue weighted by atomic mass is 10.2. The van der Waals surface area contributed by atoms with Gasteiger partial charge in [0.2, 0.25) is 0 Å². The second-order valence-corrected chi connectivity index (χ2v) is 3.93. The third-order valence-corrected chi connectivity index (χ3v) is 2.65. The Balaban J connectivity index is 2.57. The van der Waals surface area contributed by atoms with Gasteiger partial charge in [0.1, 0.15) is 11.5 Å². The van der Waals surface area contributed by atoms with E-state index in [-0.39, 0.29) is 0 Å². The fourth-order valence-electron chi connectivity index (χ4n) is 1.32. The molecule has 0 bridgehead atoms. The first-order valence-corrected chi connectivity index (χ1v) is 5.43. The minimum absolute atomic E-state index is 0.489. The van der Waals surface area contributed by atoms with Crippen molar-refractivity contribution in [2.24, 2.45) is 0 Å². The number of hydrogen-bond donors (Lipinski definition) is 1. The quantitative estimate of drug-likeness (QED) is 0.891. The Labute approximate surface area is 103 Å². The summed E-state index contributed by atoms with van der Waals surface area (Å²) in [7, 11) is 1.75. The van der Waals surface area contributed by atoms with Gasteiger partial charge in [0, 0.05) is 13.2 Å². The molecule has 3 nitrogen and oxygen atoms in total. The second kappa shape index (κ2) is 4.68. The van der Waals surface area contributed by atoms with Crippen molar-refractivity contribution < 1.29 is 0 Å². The fraction of sp³-hybridized carbons (Fsp3) is 0.0909. The van der Waals surface area contributed by atoms with Crippen LogP contribution in [-0.2, 0) is 0 Å². The molecular formula is C11H9Cl2N3. The molecule has 1 N–H and O–H groups in total. The standard InChI is InChI=1S/C11H9Cl2N3/c1-14-11-8(13)6-7(12)10(16-11)9-4-2-3-5-15-9/h2-6H,1H3,(H,14,16). The number of anilines is 1. The highest BCUT2D eigenvalue weighted by Crippen LogP contribution is 2.30. The van der Waals surface area contributed by atoms with Crippen LogP contribution in [-0.4, -0.2) is 17.0 Å². The summed E-state index contributed by atoms with van der Waals surface area (Å²) in [5.74, 6) is 0.590. The number of halogens is 2. The van der Waals surface area contributed by atoms with E-state index in [1.807, 2.05) is 18.2 Å². The summed E-state index contributed by atoms with van der Waals surface area (Å²) in [6.07, 6.45) is 1.70. The zero-order valence-corrected chi connectivity index (χ0v) is 10.0.